The average Bonchev–Trinajstić information content (AvgIpc) is 2.58. The van der Waals surface area contributed by atoms with Crippen LogP contribution in [0, 0.1) is 5.39 Å². The Morgan fingerprint density at radius 3 is 2.54 bits per heavy atom. The van der Waals surface area contributed by atoms with Gasteiger partial charge in [-0.1, -0.05) is 12.1 Å². The van der Waals surface area contributed by atoms with Crippen molar-refractivity contribution in [1.82, 2.24) is 0 Å². The van der Waals surface area contributed by atoms with E-state index in [9.17, 15) is 13.5 Å². The molecule has 0 fully saturated rings. The van der Waals surface area contributed by atoms with Gasteiger partial charge in [0.1, 0.15) is 4.90 Å². The Balaban J connectivity index is 2.22. The van der Waals surface area contributed by atoms with Gasteiger partial charge in [0, 0.05) is 23.9 Å². The lowest BCUT2D eigenvalue weighted by molar-refractivity contribution is 0.0555. The Morgan fingerprint density at radius 1 is 1.08 bits per heavy atom. The summed E-state index contributed by atoms with van der Waals surface area (Å²) in [6.07, 6.45) is 0. The van der Waals surface area contributed by atoms with E-state index in [1.807, 2.05) is 0 Å². The van der Waals surface area contributed by atoms with Gasteiger partial charge in [-0.25, -0.2) is 0 Å². The van der Waals surface area contributed by atoms with E-state index in [4.69, 9.17) is 19.0 Å². The van der Waals surface area contributed by atoms with Crippen LogP contribution < -0.4 is 0 Å². The monoisotopic (exact) mass is 353 g/mol. The molecule has 0 amide bonds. The van der Waals surface area contributed by atoms with Gasteiger partial charge in [0.05, 0.1) is 26.4 Å². The van der Waals surface area contributed by atoms with Gasteiger partial charge in [0.15, 0.2) is 4.98 Å². The first-order chi connectivity index (χ1) is 11.5. The molecule has 2 rings (SSSR count). The van der Waals surface area contributed by atoms with Gasteiger partial charge in [0.2, 0.25) is 11.1 Å². The predicted molar refractivity (Wildman–Crippen MR) is 86.2 cm³/mol. The van der Waals surface area contributed by atoms with Crippen molar-refractivity contribution in [2.24, 2.45) is 0 Å². The van der Waals surface area contributed by atoms with E-state index in [0.717, 1.165) is 0 Å². The normalized spacial score (nSPS) is 11.5. The van der Waals surface area contributed by atoms with Crippen LogP contribution in [0.4, 0.5) is 5.69 Å². The average molecular weight is 353 g/mol. The largest absolute Gasteiger partial charge is 0.501 e. The molecule has 0 spiro atoms. The smallest absolute Gasteiger partial charge is 0.426 e. The zero-order valence-corrected chi connectivity index (χ0v) is 13.8. The number of methoxy groups -OCH3 is 1. The highest BCUT2D eigenvalue weighted by atomic mass is 32.2. The Morgan fingerprint density at radius 2 is 1.83 bits per heavy atom. The fourth-order valence-corrected chi connectivity index (χ4v) is 3.22. The molecule has 0 bridgehead atoms. The fraction of sp³-hybridized carbons (Fsp3) is 0.333. The van der Waals surface area contributed by atoms with Crippen LogP contribution in [0.3, 0.4) is 0 Å². The van der Waals surface area contributed by atoms with Crippen molar-refractivity contribution in [2.75, 3.05) is 33.5 Å². The molecule has 8 nitrogen and oxygen atoms in total. The number of fused-ring (bicyclic) bond motifs is 1. The number of benzene rings is 2. The van der Waals surface area contributed by atoms with Gasteiger partial charge < -0.3 is 14.6 Å². The standard InChI is InChI=1S/C15H16N2O6S/c1-21-7-8-22-9-10-23-24(19,20)14-4-2-3-12-11(14)5-6-13(17-16)15(12)18/h2-6H,7-10H2,1H3/p+1. The number of hydrogen-bond donors (Lipinski definition) is 1. The third kappa shape index (κ3) is 3.98. The topological polar surface area (TPSA) is 110 Å². The lowest BCUT2D eigenvalue weighted by atomic mass is 10.1. The van der Waals surface area contributed by atoms with E-state index >= 15 is 0 Å². The van der Waals surface area contributed by atoms with E-state index in [1.54, 1.807) is 0 Å². The summed E-state index contributed by atoms with van der Waals surface area (Å²) in [6, 6.07) is 7.11. The van der Waals surface area contributed by atoms with Crippen molar-refractivity contribution < 1.29 is 27.2 Å². The number of phenols is 1. The van der Waals surface area contributed by atoms with E-state index < -0.39 is 10.1 Å². The Bertz CT molecular complexity index is 860. The van der Waals surface area contributed by atoms with Crippen molar-refractivity contribution in [3.05, 3.63) is 35.3 Å². The Hall–Kier alpha value is -2.25. The van der Waals surface area contributed by atoms with Crippen molar-refractivity contribution in [3.63, 3.8) is 0 Å². The van der Waals surface area contributed by atoms with Crippen LogP contribution in [0.15, 0.2) is 35.2 Å². The van der Waals surface area contributed by atoms with Crippen LogP contribution in [-0.4, -0.2) is 47.1 Å². The number of diazo groups is 1. The summed E-state index contributed by atoms with van der Waals surface area (Å²) < 4.78 is 39.6. The summed E-state index contributed by atoms with van der Waals surface area (Å²) in [7, 11) is -2.49. The maximum atomic E-state index is 12.3. The van der Waals surface area contributed by atoms with Crippen LogP contribution in [-0.2, 0) is 23.8 Å². The van der Waals surface area contributed by atoms with E-state index in [-0.39, 0.29) is 40.3 Å². The van der Waals surface area contributed by atoms with Gasteiger partial charge in [-0.3, -0.25) is 4.18 Å². The van der Waals surface area contributed by atoms with Crippen molar-refractivity contribution in [1.29, 1.82) is 5.39 Å². The molecule has 0 saturated carbocycles. The summed E-state index contributed by atoms with van der Waals surface area (Å²) in [5, 5.41) is 19.3. The molecule has 2 aromatic carbocycles. The molecule has 0 saturated heterocycles. The molecule has 128 valence electrons. The second-order valence-electron chi connectivity index (χ2n) is 4.77. The van der Waals surface area contributed by atoms with E-state index in [0.29, 0.717) is 13.2 Å². The second kappa shape index (κ2) is 8.03. The molecular formula is C15H17N2O6S+. The SMILES string of the molecule is COCCOCCOS(=O)(=O)c1cccc2c(O)c([N+]#N)ccc12. The maximum Gasteiger partial charge on any atom is 0.426 e. The third-order valence-electron chi connectivity index (χ3n) is 3.25. The summed E-state index contributed by atoms with van der Waals surface area (Å²) in [5.41, 5.74) is -0.0514. The first-order valence-corrected chi connectivity index (χ1v) is 8.48. The van der Waals surface area contributed by atoms with Crippen LogP contribution in [0.1, 0.15) is 0 Å². The number of rotatable bonds is 8. The van der Waals surface area contributed by atoms with Crippen LogP contribution in [0.2, 0.25) is 0 Å². The van der Waals surface area contributed by atoms with Crippen LogP contribution in [0.25, 0.3) is 15.7 Å². The van der Waals surface area contributed by atoms with Crippen LogP contribution >= 0.6 is 0 Å². The van der Waals surface area contributed by atoms with Gasteiger partial charge in [-0.05, 0) is 12.1 Å². The van der Waals surface area contributed by atoms with Crippen molar-refractivity contribution in [3.8, 4) is 5.75 Å². The highest BCUT2D eigenvalue weighted by Crippen LogP contribution is 2.37. The molecule has 0 aliphatic rings. The Labute approximate surface area is 139 Å². The lowest BCUT2D eigenvalue weighted by Crippen LogP contribution is -2.13. The quantitative estimate of drug-likeness (QED) is 0.441. The summed E-state index contributed by atoms with van der Waals surface area (Å²) in [4.78, 5) is 2.85. The second-order valence-corrected chi connectivity index (χ2v) is 6.35. The molecule has 0 aromatic heterocycles. The number of ether oxygens (including phenoxy) is 2. The number of nitrogens with zero attached hydrogens (tertiary/aromatic N) is 2. The van der Waals surface area contributed by atoms with Gasteiger partial charge in [-0.2, -0.15) is 8.42 Å². The van der Waals surface area contributed by atoms with E-state index in [2.05, 4.69) is 4.98 Å². The van der Waals surface area contributed by atoms with E-state index in [1.165, 1.54) is 37.4 Å². The van der Waals surface area contributed by atoms with Gasteiger partial charge in [-0.15, -0.1) is 0 Å². The molecule has 2 aromatic rings. The maximum absolute atomic E-state index is 12.3. The number of aromatic hydroxyl groups is 1. The fourth-order valence-electron chi connectivity index (χ4n) is 2.11. The molecule has 0 heterocycles. The molecule has 0 aliphatic heterocycles. The Kier molecular flexibility index (Phi) is 6.05. The first-order valence-electron chi connectivity index (χ1n) is 7.07. The van der Waals surface area contributed by atoms with Gasteiger partial charge in [0.25, 0.3) is 10.1 Å². The number of phenolic OH excluding ortho intramolecular Hbond substituents is 1. The summed E-state index contributed by atoms with van der Waals surface area (Å²) in [6.45, 7) is 0.716. The van der Waals surface area contributed by atoms with Crippen molar-refractivity contribution >= 4 is 26.6 Å². The number of hydrogen-bond acceptors (Lipinski definition) is 7. The highest BCUT2D eigenvalue weighted by Gasteiger charge is 2.23. The zero-order chi connectivity index (χ0) is 17.6. The molecule has 1 N–H and O–H groups in total. The van der Waals surface area contributed by atoms with Gasteiger partial charge >= 0.3 is 5.69 Å². The van der Waals surface area contributed by atoms with Crippen molar-refractivity contribution in [2.45, 2.75) is 4.90 Å². The summed E-state index contributed by atoms with van der Waals surface area (Å²) >= 11 is 0. The molecule has 9 heteroatoms. The highest BCUT2D eigenvalue weighted by molar-refractivity contribution is 7.87. The summed E-state index contributed by atoms with van der Waals surface area (Å²) in [5.74, 6) is -0.310. The third-order valence-corrected chi connectivity index (χ3v) is 4.62. The first kappa shape index (κ1) is 18.1. The zero-order valence-electron chi connectivity index (χ0n) is 13.0. The molecule has 0 atom stereocenters. The molecule has 24 heavy (non-hydrogen) atoms. The lowest BCUT2D eigenvalue weighted by Gasteiger charge is -2.09. The molecule has 0 radical (unpaired) electrons. The predicted octanol–water partition coefficient (Wildman–Crippen LogP) is 2.40. The van der Waals surface area contributed by atoms with Crippen LogP contribution in [0.5, 0.6) is 5.75 Å². The molecule has 0 unspecified atom stereocenters. The molecule has 0 aliphatic carbocycles. The molecular weight excluding hydrogens is 336 g/mol. The minimum absolute atomic E-state index is 0.0514. The minimum Gasteiger partial charge on any atom is -0.501 e. The minimum atomic E-state index is -4.03.